The minimum absolute atomic E-state index is 0.0215. The van der Waals surface area contributed by atoms with Gasteiger partial charge in [0.25, 0.3) is 0 Å². The van der Waals surface area contributed by atoms with E-state index in [0.717, 1.165) is 11.3 Å². The van der Waals surface area contributed by atoms with Gasteiger partial charge in [-0.05, 0) is 37.3 Å². The summed E-state index contributed by atoms with van der Waals surface area (Å²) in [4.78, 5) is 8.75. The molecule has 3 aromatic heterocycles. The predicted molar refractivity (Wildman–Crippen MR) is 118 cm³/mol. The van der Waals surface area contributed by atoms with Gasteiger partial charge in [0.15, 0.2) is 0 Å². The Hall–Kier alpha value is -3.30. The summed E-state index contributed by atoms with van der Waals surface area (Å²) in [6.45, 7) is 1.80. The molecule has 0 bridgehead atoms. The molecule has 0 atom stereocenters. The van der Waals surface area contributed by atoms with Crippen molar-refractivity contribution in [1.82, 2.24) is 20.2 Å². The molecule has 0 unspecified atom stereocenters. The van der Waals surface area contributed by atoms with Crippen LogP contribution in [0, 0.1) is 29.6 Å². The second kappa shape index (κ2) is 8.83. The zero-order valence-electron chi connectivity index (χ0n) is 16.0. The smallest absolute Gasteiger partial charge is 0.226 e. The number of benzene rings is 1. The van der Waals surface area contributed by atoms with Crippen molar-refractivity contribution in [3.63, 3.8) is 0 Å². The van der Waals surface area contributed by atoms with Crippen molar-refractivity contribution in [2.45, 2.75) is 17.7 Å². The van der Waals surface area contributed by atoms with E-state index in [1.165, 1.54) is 11.8 Å². The van der Waals surface area contributed by atoms with E-state index in [-0.39, 0.29) is 16.3 Å². The van der Waals surface area contributed by atoms with Crippen molar-refractivity contribution in [1.29, 1.82) is 10.5 Å². The van der Waals surface area contributed by atoms with Crippen LogP contribution in [0.4, 0.5) is 0 Å². The lowest BCUT2D eigenvalue weighted by atomic mass is 10.0. The fraction of sp³-hybridized carbons (Fsp3) is 0.0952. The first-order valence-corrected chi connectivity index (χ1v) is 10.6. The van der Waals surface area contributed by atoms with Gasteiger partial charge in [-0.15, -0.1) is 0 Å². The maximum atomic E-state index is 9.82. The van der Waals surface area contributed by atoms with Gasteiger partial charge in [0.2, 0.25) is 5.89 Å². The highest BCUT2D eigenvalue weighted by Gasteiger charge is 2.22. The summed E-state index contributed by atoms with van der Waals surface area (Å²) in [6.07, 6.45) is 1.55. The van der Waals surface area contributed by atoms with Crippen molar-refractivity contribution < 1.29 is 4.42 Å². The molecule has 0 radical (unpaired) electrons. The Balaban J connectivity index is 1.65. The van der Waals surface area contributed by atoms with Crippen LogP contribution in [0.5, 0.6) is 0 Å². The molecule has 152 valence electrons. The number of aromatic nitrogens is 4. The number of halogens is 2. The molecule has 4 aromatic rings. The fourth-order valence-corrected chi connectivity index (χ4v) is 4.17. The molecule has 3 heterocycles. The van der Waals surface area contributed by atoms with Gasteiger partial charge < -0.3 is 4.42 Å². The van der Waals surface area contributed by atoms with Crippen molar-refractivity contribution in [2.75, 3.05) is 0 Å². The van der Waals surface area contributed by atoms with E-state index in [0.29, 0.717) is 38.6 Å². The predicted octanol–water partition coefficient (Wildman–Crippen LogP) is 5.78. The standard InChI is InChI=1S/C21H12Cl2N6OS/c1-11-6-17(29-28-11)18-15(7-24)19(23)27-21(16(18)8-25)31-10-14-9-30-20(26-14)12-2-4-13(22)5-3-12/h2-6,9H,10H2,1H3,(H,28,29). The zero-order chi connectivity index (χ0) is 22.0. The number of nitrogens with one attached hydrogen (secondary N) is 1. The van der Waals surface area contributed by atoms with Crippen molar-refractivity contribution in [3.8, 4) is 34.8 Å². The number of oxazole rings is 1. The van der Waals surface area contributed by atoms with Crippen LogP contribution in [0.3, 0.4) is 0 Å². The number of aromatic amines is 1. The van der Waals surface area contributed by atoms with Gasteiger partial charge in [-0.3, -0.25) is 5.10 Å². The number of rotatable bonds is 5. The second-order valence-electron chi connectivity index (χ2n) is 6.42. The normalized spacial score (nSPS) is 10.6. The van der Waals surface area contributed by atoms with Gasteiger partial charge in [0.05, 0.1) is 22.6 Å². The van der Waals surface area contributed by atoms with Crippen LogP contribution >= 0.6 is 35.0 Å². The Morgan fingerprint density at radius 2 is 1.84 bits per heavy atom. The van der Waals surface area contributed by atoms with Crippen LogP contribution < -0.4 is 0 Å². The van der Waals surface area contributed by atoms with Crippen LogP contribution in [-0.2, 0) is 5.75 Å². The average molecular weight is 467 g/mol. The number of thioether (sulfide) groups is 1. The van der Waals surface area contributed by atoms with Gasteiger partial charge in [0.1, 0.15) is 34.1 Å². The summed E-state index contributed by atoms with van der Waals surface area (Å²) >= 11 is 13.5. The van der Waals surface area contributed by atoms with Crippen LogP contribution in [0.25, 0.3) is 22.7 Å². The molecule has 0 spiro atoms. The Kier molecular flexibility index (Phi) is 5.97. The van der Waals surface area contributed by atoms with Gasteiger partial charge in [-0.2, -0.15) is 15.6 Å². The Bertz CT molecular complexity index is 1350. The largest absolute Gasteiger partial charge is 0.444 e. The molecule has 0 aliphatic carbocycles. The lowest BCUT2D eigenvalue weighted by Crippen LogP contribution is -1.99. The van der Waals surface area contributed by atoms with E-state index in [4.69, 9.17) is 27.6 Å². The maximum absolute atomic E-state index is 9.82. The first-order valence-electron chi connectivity index (χ1n) is 8.89. The monoisotopic (exact) mass is 466 g/mol. The number of pyridine rings is 1. The van der Waals surface area contributed by atoms with Gasteiger partial charge in [0, 0.05) is 21.9 Å². The number of hydrogen-bond donors (Lipinski definition) is 1. The molecule has 10 heteroatoms. The summed E-state index contributed by atoms with van der Waals surface area (Å²) < 4.78 is 5.56. The molecule has 4 rings (SSSR count). The molecule has 0 fully saturated rings. The summed E-state index contributed by atoms with van der Waals surface area (Å²) in [6, 6.07) is 13.1. The first kappa shape index (κ1) is 21.0. The van der Waals surface area contributed by atoms with Gasteiger partial charge >= 0.3 is 0 Å². The molecule has 0 aliphatic rings. The molecule has 7 nitrogen and oxygen atoms in total. The third-order valence-corrected chi connectivity index (χ3v) is 5.85. The molecule has 0 saturated carbocycles. The van der Waals surface area contributed by atoms with Crippen LogP contribution in [0.1, 0.15) is 22.5 Å². The summed E-state index contributed by atoms with van der Waals surface area (Å²) in [5, 5.41) is 27.3. The number of nitrogens with zero attached hydrogens (tertiary/aromatic N) is 5. The van der Waals surface area contributed by atoms with E-state index in [2.05, 4.69) is 26.2 Å². The number of aryl methyl sites for hydroxylation is 1. The molecule has 31 heavy (non-hydrogen) atoms. The summed E-state index contributed by atoms with van der Waals surface area (Å²) in [5.74, 6) is 0.856. The lowest BCUT2D eigenvalue weighted by molar-refractivity contribution is 0.573. The quantitative estimate of drug-likeness (QED) is 0.292. The molecule has 0 aliphatic heterocycles. The number of nitriles is 2. The number of H-pyrrole nitrogens is 1. The molecule has 1 N–H and O–H groups in total. The van der Waals surface area contributed by atoms with E-state index in [9.17, 15) is 10.5 Å². The van der Waals surface area contributed by atoms with Crippen molar-refractivity contribution in [2.24, 2.45) is 0 Å². The molecule has 0 amide bonds. The average Bonchev–Trinajstić information content (AvgIpc) is 3.41. The Morgan fingerprint density at radius 1 is 1.10 bits per heavy atom. The highest BCUT2D eigenvalue weighted by atomic mass is 35.5. The maximum Gasteiger partial charge on any atom is 0.226 e. The van der Waals surface area contributed by atoms with Crippen LogP contribution in [0.2, 0.25) is 10.2 Å². The summed E-state index contributed by atoms with van der Waals surface area (Å²) in [7, 11) is 0. The highest BCUT2D eigenvalue weighted by molar-refractivity contribution is 7.98. The Morgan fingerprint density at radius 3 is 2.48 bits per heavy atom. The van der Waals surface area contributed by atoms with Gasteiger partial charge in [-0.25, -0.2) is 9.97 Å². The molecule has 0 saturated heterocycles. The van der Waals surface area contributed by atoms with E-state index in [1.54, 1.807) is 31.4 Å². The lowest BCUT2D eigenvalue weighted by Gasteiger charge is -2.10. The third-order valence-electron chi connectivity index (χ3n) is 4.32. The summed E-state index contributed by atoms with van der Waals surface area (Å²) in [5.41, 5.74) is 3.48. The minimum Gasteiger partial charge on any atom is -0.444 e. The molecule has 1 aromatic carbocycles. The highest BCUT2D eigenvalue weighted by Crippen LogP contribution is 2.36. The second-order valence-corrected chi connectivity index (χ2v) is 8.18. The van der Waals surface area contributed by atoms with Crippen molar-refractivity contribution in [3.05, 3.63) is 69.3 Å². The van der Waals surface area contributed by atoms with E-state index < -0.39 is 0 Å². The van der Waals surface area contributed by atoms with E-state index in [1.807, 2.05) is 18.2 Å². The van der Waals surface area contributed by atoms with E-state index >= 15 is 0 Å². The number of hydrogen-bond acceptors (Lipinski definition) is 7. The minimum atomic E-state index is 0.0215. The van der Waals surface area contributed by atoms with Crippen LogP contribution in [0.15, 0.2) is 46.0 Å². The zero-order valence-corrected chi connectivity index (χ0v) is 18.3. The van der Waals surface area contributed by atoms with Crippen LogP contribution in [-0.4, -0.2) is 20.2 Å². The van der Waals surface area contributed by atoms with Gasteiger partial charge in [-0.1, -0.05) is 35.0 Å². The van der Waals surface area contributed by atoms with Crippen molar-refractivity contribution >= 4 is 35.0 Å². The molecular formula is C21H12Cl2N6OS. The SMILES string of the molecule is Cc1cc(-c2c(C#N)c(Cl)nc(SCc3coc(-c4ccc(Cl)cc4)n3)c2C#N)[nH]n1. The first-order chi connectivity index (χ1) is 15.0. The Labute approximate surface area is 191 Å². The fourth-order valence-electron chi connectivity index (χ4n) is 2.91. The third kappa shape index (κ3) is 4.28. The topological polar surface area (TPSA) is 115 Å². The molecular weight excluding hydrogens is 455 g/mol.